The molecular weight excluding hydrogens is 260 g/mol. The Balaban J connectivity index is 2.27. The van der Waals surface area contributed by atoms with Gasteiger partial charge >= 0.3 is 0 Å². The Morgan fingerprint density at radius 2 is 2.10 bits per heavy atom. The van der Waals surface area contributed by atoms with Gasteiger partial charge in [0, 0.05) is 6.42 Å². The largest absolute Gasteiger partial charge is 0.390 e. The molecule has 0 fully saturated rings. The van der Waals surface area contributed by atoms with Crippen LogP contribution < -0.4 is 5.73 Å². The van der Waals surface area contributed by atoms with Crippen molar-refractivity contribution >= 4 is 23.4 Å². The number of carbonyl (C=O) groups excluding carboxylic acids is 1. The summed E-state index contributed by atoms with van der Waals surface area (Å²) in [6.45, 7) is 4.24. The van der Waals surface area contributed by atoms with Gasteiger partial charge in [-0.2, -0.15) is 0 Å². The van der Waals surface area contributed by atoms with Gasteiger partial charge in [-0.3, -0.25) is 4.79 Å². The Hall–Kier alpha value is -1.90. The molecule has 0 aliphatic heterocycles. The number of allylic oxidation sites excluding steroid dienone is 2. The highest BCUT2D eigenvalue weighted by Gasteiger charge is 2.42. The van der Waals surface area contributed by atoms with E-state index in [0.29, 0.717) is 12.2 Å². The van der Waals surface area contributed by atoms with Gasteiger partial charge < -0.3 is 5.73 Å². The van der Waals surface area contributed by atoms with E-state index in [-0.39, 0.29) is 5.41 Å². The Bertz CT molecular complexity index is 657. The van der Waals surface area contributed by atoms with Crippen molar-refractivity contribution in [2.45, 2.75) is 46.0 Å². The van der Waals surface area contributed by atoms with E-state index in [0.717, 1.165) is 36.9 Å². The van der Waals surface area contributed by atoms with Crippen molar-refractivity contribution in [1.82, 2.24) is 0 Å². The second-order valence-electron chi connectivity index (χ2n) is 6.14. The standard InChI is InChI=1S/C18H22N2O/c1-3-18-9-7-13-14(5-4-6-15(13)20-11-19)17(18)12(2)16(21)8-10-18/h4-6,11H,3,7-10H2,1-2H3,(H2,19,20). The number of hydrogen-bond acceptors (Lipinski definition) is 2. The minimum atomic E-state index is 0.177. The maximum absolute atomic E-state index is 12.2. The third-order valence-electron chi connectivity index (χ3n) is 5.32. The first-order valence-corrected chi connectivity index (χ1v) is 7.74. The maximum Gasteiger partial charge on any atom is 0.158 e. The number of carbonyl (C=O) groups is 1. The summed E-state index contributed by atoms with van der Waals surface area (Å²) >= 11 is 0. The number of rotatable bonds is 2. The molecule has 3 rings (SSSR count). The van der Waals surface area contributed by atoms with Crippen molar-refractivity contribution in [3.63, 3.8) is 0 Å². The van der Waals surface area contributed by atoms with Gasteiger partial charge in [-0.1, -0.05) is 19.1 Å². The number of aliphatic imine (C=N–C) groups is 1. The van der Waals surface area contributed by atoms with E-state index in [1.165, 1.54) is 23.0 Å². The summed E-state index contributed by atoms with van der Waals surface area (Å²) in [7, 11) is 0. The van der Waals surface area contributed by atoms with E-state index < -0.39 is 0 Å². The van der Waals surface area contributed by atoms with E-state index in [2.05, 4.69) is 18.0 Å². The van der Waals surface area contributed by atoms with Crippen LogP contribution in [0, 0.1) is 5.41 Å². The lowest BCUT2D eigenvalue weighted by atomic mass is 9.59. The van der Waals surface area contributed by atoms with Crippen LogP contribution in [-0.2, 0) is 11.2 Å². The highest BCUT2D eigenvalue weighted by Crippen LogP contribution is 2.55. The molecular formula is C18H22N2O. The Morgan fingerprint density at radius 3 is 2.81 bits per heavy atom. The lowest BCUT2D eigenvalue weighted by molar-refractivity contribution is -0.116. The van der Waals surface area contributed by atoms with E-state index in [1.807, 2.05) is 19.1 Å². The molecule has 0 saturated carbocycles. The van der Waals surface area contributed by atoms with Crippen LogP contribution in [0.2, 0.25) is 0 Å². The molecule has 21 heavy (non-hydrogen) atoms. The number of ketones is 1. The van der Waals surface area contributed by atoms with Crippen LogP contribution in [0.1, 0.15) is 50.7 Å². The minimum absolute atomic E-state index is 0.177. The van der Waals surface area contributed by atoms with Crippen molar-refractivity contribution in [2.75, 3.05) is 0 Å². The third-order valence-corrected chi connectivity index (χ3v) is 5.32. The molecule has 1 atom stereocenters. The first-order valence-electron chi connectivity index (χ1n) is 7.74. The molecule has 0 saturated heterocycles. The van der Waals surface area contributed by atoms with Crippen molar-refractivity contribution in [2.24, 2.45) is 16.1 Å². The quantitative estimate of drug-likeness (QED) is 0.663. The van der Waals surface area contributed by atoms with Crippen molar-refractivity contribution < 1.29 is 4.79 Å². The summed E-state index contributed by atoms with van der Waals surface area (Å²) < 4.78 is 0. The molecule has 0 amide bonds. The van der Waals surface area contributed by atoms with Crippen molar-refractivity contribution in [3.8, 4) is 0 Å². The van der Waals surface area contributed by atoms with Crippen LogP contribution in [0.4, 0.5) is 5.69 Å². The predicted molar refractivity (Wildman–Crippen MR) is 86.7 cm³/mol. The second-order valence-corrected chi connectivity index (χ2v) is 6.14. The summed E-state index contributed by atoms with van der Waals surface area (Å²) in [5.74, 6) is 0.301. The molecule has 2 aliphatic rings. The Morgan fingerprint density at radius 1 is 1.33 bits per heavy atom. The monoisotopic (exact) mass is 282 g/mol. The Kier molecular flexibility index (Phi) is 3.44. The van der Waals surface area contributed by atoms with Crippen LogP contribution in [0.5, 0.6) is 0 Å². The van der Waals surface area contributed by atoms with Gasteiger partial charge in [0.25, 0.3) is 0 Å². The molecule has 1 unspecified atom stereocenters. The Labute approximate surface area is 126 Å². The van der Waals surface area contributed by atoms with Gasteiger partial charge in [0.05, 0.1) is 12.0 Å². The third kappa shape index (κ3) is 2.03. The fraction of sp³-hybridized carbons (Fsp3) is 0.444. The van der Waals surface area contributed by atoms with Crippen LogP contribution in [0.3, 0.4) is 0 Å². The van der Waals surface area contributed by atoms with Gasteiger partial charge in [-0.25, -0.2) is 4.99 Å². The first kappa shape index (κ1) is 14.1. The molecule has 0 aromatic heterocycles. The zero-order valence-corrected chi connectivity index (χ0v) is 12.8. The minimum Gasteiger partial charge on any atom is -0.390 e. The van der Waals surface area contributed by atoms with Crippen molar-refractivity contribution in [1.29, 1.82) is 0 Å². The molecule has 1 aromatic carbocycles. The smallest absolute Gasteiger partial charge is 0.158 e. The van der Waals surface area contributed by atoms with E-state index in [1.54, 1.807) is 0 Å². The normalized spacial score (nSPS) is 25.1. The predicted octanol–water partition coefficient (Wildman–Crippen LogP) is 3.78. The van der Waals surface area contributed by atoms with E-state index in [4.69, 9.17) is 5.73 Å². The molecule has 2 aliphatic carbocycles. The number of benzene rings is 1. The van der Waals surface area contributed by atoms with Crippen LogP contribution >= 0.6 is 0 Å². The molecule has 0 bridgehead atoms. The fourth-order valence-corrected chi connectivity index (χ4v) is 4.11. The highest BCUT2D eigenvalue weighted by molar-refractivity contribution is 6.05. The topological polar surface area (TPSA) is 55.5 Å². The number of fused-ring (bicyclic) bond motifs is 3. The molecule has 0 radical (unpaired) electrons. The number of hydrogen-bond donors (Lipinski definition) is 1. The molecule has 110 valence electrons. The number of nitrogens with two attached hydrogens (primary N) is 1. The molecule has 3 heteroatoms. The molecule has 2 N–H and O–H groups in total. The number of Topliss-reactive ketones (excluding diaryl/α,β-unsaturated/α-hetero) is 1. The summed E-state index contributed by atoms with van der Waals surface area (Å²) in [6, 6.07) is 6.17. The van der Waals surface area contributed by atoms with Crippen LogP contribution in [0.15, 0.2) is 28.8 Å². The summed E-state index contributed by atoms with van der Waals surface area (Å²) in [5, 5.41) is 0. The van der Waals surface area contributed by atoms with Gasteiger partial charge in [0.1, 0.15) is 0 Å². The zero-order chi connectivity index (χ0) is 15.0. The summed E-state index contributed by atoms with van der Waals surface area (Å²) in [5.41, 5.74) is 11.3. The molecule has 0 spiro atoms. The van der Waals surface area contributed by atoms with E-state index >= 15 is 0 Å². The van der Waals surface area contributed by atoms with Crippen LogP contribution in [-0.4, -0.2) is 12.1 Å². The zero-order valence-electron chi connectivity index (χ0n) is 12.8. The highest BCUT2D eigenvalue weighted by atomic mass is 16.1. The summed E-state index contributed by atoms with van der Waals surface area (Å²) in [6.07, 6.45) is 6.24. The first-order chi connectivity index (χ1) is 10.1. The second kappa shape index (κ2) is 5.14. The summed E-state index contributed by atoms with van der Waals surface area (Å²) in [4.78, 5) is 16.5. The lowest BCUT2D eigenvalue weighted by Crippen LogP contribution is -2.33. The van der Waals surface area contributed by atoms with Gasteiger partial charge in [-0.05, 0) is 66.4 Å². The maximum atomic E-state index is 12.2. The fourth-order valence-electron chi connectivity index (χ4n) is 4.11. The molecule has 3 nitrogen and oxygen atoms in total. The van der Waals surface area contributed by atoms with E-state index in [9.17, 15) is 4.79 Å². The van der Waals surface area contributed by atoms with Crippen molar-refractivity contribution in [3.05, 3.63) is 34.9 Å². The average Bonchev–Trinajstić information content (AvgIpc) is 2.51. The van der Waals surface area contributed by atoms with Gasteiger partial charge in [0.15, 0.2) is 5.78 Å². The SMILES string of the molecule is CCC12CCC(=O)C(C)=C1c1cccc(N=CN)c1CC2. The van der Waals surface area contributed by atoms with Gasteiger partial charge in [-0.15, -0.1) is 0 Å². The lowest BCUT2D eigenvalue weighted by Gasteiger charge is -2.44. The van der Waals surface area contributed by atoms with Crippen LogP contribution in [0.25, 0.3) is 5.57 Å². The number of nitrogens with zero attached hydrogens (tertiary/aromatic N) is 1. The molecule has 1 aromatic rings. The average molecular weight is 282 g/mol. The van der Waals surface area contributed by atoms with Gasteiger partial charge in [0.2, 0.25) is 0 Å². The molecule has 0 heterocycles.